The summed E-state index contributed by atoms with van der Waals surface area (Å²) in [5.74, 6) is -10.2. The van der Waals surface area contributed by atoms with Gasteiger partial charge in [0.1, 0.15) is 29.0 Å². The van der Waals surface area contributed by atoms with E-state index >= 15 is 4.39 Å². The van der Waals surface area contributed by atoms with Crippen LogP contribution in [0.25, 0.3) is 17.0 Å². The average molecular weight is 496 g/mol. The number of benzene rings is 4. The van der Waals surface area contributed by atoms with Gasteiger partial charge in [0.25, 0.3) is 0 Å². The monoisotopic (exact) mass is 496 g/mol. The zero-order chi connectivity index (χ0) is 25.4. The van der Waals surface area contributed by atoms with Gasteiger partial charge in [0.2, 0.25) is 0 Å². The molecule has 0 fully saturated rings. The maximum absolute atomic E-state index is 15.2. The van der Waals surface area contributed by atoms with Crippen molar-refractivity contribution in [3.8, 4) is 22.6 Å². The van der Waals surface area contributed by atoms with Gasteiger partial charge in [-0.3, -0.25) is 0 Å². The standard InChI is InChI=1S/C27H15BF6O2/c29-16-10-12-19(30)22(14-16)36-28(24-18-11-13-20(31)25(32)23(18)26(33)27(24)34)35-21-9-5-4-8-17(21)15-6-2-1-3-7-15/h1-14,24H. The maximum atomic E-state index is 15.2. The lowest BCUT2D eigenvalue weighted by molar-refractivity contribution is 0.385. The van der Waals surface area contributed by atoms with Crippen LogP contribution in [0.15, 0.2) is 90.8 Å². The summed E-state index contributed by atoms with van der Waals surface area (Å²) in [4.78, 5) is 0. The Labute approximate surface area is 202 Å². The molecule has 0 radical (unpaired) electrons. The minimum Gasteiger partial charge on any atom is -0.525 e. The van der Waals surface area contributed by atoms with Crippen LogP contribution in [-0.2, 0) is 0 Å². The van der Waals surface area contributed by atoms with Gasteiger partial charge in [-0.05, 0) is 35.4 Å². The Bertz CT molecular complexity index is 1470. The fourth-order valence-corrected chi connectivity index (χ4v) is 4.11. The summed E-state index contributed by atoms with van der Waals surface area (Å²) >= 11 is 0. The summed E-state index contributed by atoms with van der Waals surface area (Å²) in [6, 6.07) is 19.6. The summed E-state index contributed by atoms with van der Waals surface area (Å²) < 4.78 is 98.0. The Kier molecular flexibility index (Phi) is 6.22. The van der Waals surface area contributed by atoms with E-state index in [4.69, 9.17) is 9.31 Å². The van der Waals surface area contributed by atoms with E-state index in [9.17, 15) is 22.0 Å². The molecule has 0 heterocycles. The zero-order valence-electron chi connectivity index (χ0n) is 18.3. The van der Waals surface area contributed by atoms with Crippen molar-refractivity contribution in [3.63, 3.8) is 0 Å². The Morgan fingerprint density at radius 3 is 2.08 bits per heavy atom. The van der Waals surface area contributed by atoms with Gasteiger partial charge in [0.15, 0.2) is 23.3 Å². The summed E-state index contributed by atoms with van der Waals surface area (Å²) in [5.41, 5.74) is 0.0411. The Hall–Kier alpha value is -4.14. The molecule has 4 aromatic carbocycles. The van der Waals surface area contributed by atoms with Gasteiger partial charge in [-0.1, -0.05) is 54.6 Å². The molecule has 2 nitrogen and oxygen atoms in total. The second kappa shape index (κ2) is 9.49. The molecule has 0 bridgehead atoms. The van der Waals surface area contributed by atoms with Crippen LogP contribution in [0.2, 0.25) is 0 Å². The van der Waals surface area contributed by atoms with Gasteiger partial charge in [0, 0.05) is 11.6 Å². The Morgan fingerprint density at radius 1 is 0.639 bits per heavy atom. The lowest BCUT2D eigenvalue weighted by Crippen LogP contribution is -2.37. The van der Waals surface area contributed by atoms with Gasteiger partial charge in [0.05, 0.1) is 5.56 Å². The van der Waals surface area contributed by atoms with Gasteiger partial charge >= 0.3 is 7.12 Å². The first kappa shape index (κ1) is 23.6. The lowest BCUT2D eigenvalue weighted by atomic mass is 9.68. The second-order valence-electron chi connectivity index (χ2n) is 8.01. The highest BCUT2D eigenvalue weighted by Gasteiger charge is 2.48. The minimum atomic E-state index is -1.83. The van der Waals surface area contributed by atoms with E-state index in [0.717, 1.165) is 18.2 Å². The van der Waals surface area contributed by atoms with Crippen molar-refractivity contribution in [2.75, 3.05) is 0 Å². The minimum absolute atomic E-state index is 0.148. The summed E-state index contributed by atoms with van der Waals surface area (Å²) in [6.45, 7) is 0. The molecular formula is C27H15BF6O2. The fraction of sp³-hybridized carbons (Fsp3) is 0.0370. The van der Waals surface area contributed by atoms with E-state index in [1.165, 1.54) is 6.07 Å². The first-order chi connectivity index (χ1) is 17.3. The van der Waals surface area contributed by atoms with Crippen molar-refractivity contribution in [1.29, 1.82) is 0 Å². The van der Waals surface area contributed by atoms with Crippen molar-refractivity contribution in [1.82, 2.24) is 0 Å². The molecule has 1 aliphatic rings. The third-order valence-corrected chi connectivity index (χ3v) is 5.79. The van der Waals surface area contributed by atoms with Crippen molar-refractivity contribution >= 4 is 12.9 Å². The fourth-order valence-electron chi connectivity index (χ4n) is 4.11. The highest BCUT2D eigenvalue weighted by molar-refractivity contribution is 6.50. The van der Waals surface area contributed by atoms with Crippen LogP contribution in [0.3, 0.4) is 0 Å². The smallest absolute Gasteiger partial charge is 0.525 e. The molecule has 1 aliphatic carbocycles. The third-order valence-electron chi connectivity index (χ3n) is 5.79. The highest BCUT2D eigenvalue weighted by Crippen LogP contribution is 2.47. The molecule has 0 saturated heterocycles. The number of halogens is 6. The van der Waals surface area contributed by atoms with Crippen LogP contribution in [0.1, 0.15) is 16.9 Å². The largest absolute Gasteiger partial charge is 0.610 e. The van der Waals surface area contributed by atoms with E-state index in [-0.39, 0.29) is 11.3 Å². The van der Waals surface area contributed by atoms with Crippen molar-refractivity contribution in [2.24, 2.45) is 0 Å². The van der Waals surface area contributed by atoms with E-state index in [1.807, 2.05) is 0 Å². The average Bonchev–Trinajstić information content (AvgIpc) is 3.14. The number of hydrogen-bond acceptors (Lipinski definition) is 2. The normalized spacial score (nSPS) is 14.6. The zero-order valence-corrected chi connectivity index (χ0v) is 18.3. The molecule has 0 spiro atoms. The van der Waals surface area contributed by atoms with Crippen molar-refractivity contribution in [3.05, 3.63) is 125 Å². The predicted octanol–water partition coefficient (Wildman–Crippen LogP) is 7.80. The lowest BCUT2D eigenvalue weighted by Gasteiger charge is -2.23. The van der Waals surface area contributed by atoms with Crippen LogP contribution in [0, 0.1) is 23.3 Å². The molecule has 9 heteroatoms. The number of hydrogen-bond donors (Lipinski definition) is 0. The highest BCUT2D eigenvalue weighted by atomic mass is 19.2. The molecular weight excluding hydrogens is 481 g/mol. The van der Waals surface area contributed by atoms with E-state index < -0.39 is 59.2 Å². The second-order valence-corrected chi connectivity index (χ2v) is 8.01. The molecule has 0 N–H and O–H groups in total. The van der Waals surface area contributed by atoms with Crippen LogP contribution < -0.4 is 9.31 Å². The first-order valence-corrected chi connectivity index (χ1v) is 10.8. The van der Waals surface area contributed by atoms with Crippen molar-refractivity contribution < 1.29 is 35.7 Å². The maximum Gasteiger partial charge on any atom is 0.610 e. The van der Waals surface area contributed by atoms with Gasteiger partial charge in [-0.15, -0.1) is 0 Å². The van der Waals surface area contributed by atoms with Crippen molar-refractivity contribution in [2.45, 2.75) is 5.82 Å². The number of allylic oxidation sites excluding steroid dienone is 1. The SMILES string of the molecule is FC1=C(F)C(B(Oc2cc(F)ccc2F)Oc2ccccc2-c2ccccc2)c2ccc(F)c(F)c21. The van der Waals surface area contributed by atoms with E-state index in [0.29, 0.717) is 23.3 Å². The molecule has 1 atom stereocenters. The molecule has 1 unspecified atom stereocenters. The van der Waals surface area contributed by atoms with Gasteiger partial charge in [-0.2, -0.15) is 0 Å². The van der Waals surface area contributed by atoms with Gasteiger partial charge < -0.3 is 9.31 Å². The Balaban J connectivity index is 1.63. The third kappa shape index (κ3) is 4.21. The van der Waals surface area contributed by atoms with Crippen LogP contribution in [-0.4, -0.2) is 7.12 Å². The molecule has 5 rings (SSSR count). The topological polar surface area (TPSA) is 18.5 Å². The van der Waals surface area contributed by atoms with Gasteiger partial charge in [-0.25, -0.2) is 26.3 Å². The molecule has 0 aliphatic heterocycles. The molecule has 0 saturated carbocycles. The van der Waals surface area contributed by atoms with Crippen LogP contribution in [0.4, 0.5) is 26.3 Å². The molecule has 36 heavy (non-hydrogen) atoms. The molecule has 4 aromatic rings. The van der Waals surface area contributed by atoms with E-state index in [1.54, 1.807) is 48.5 Å². The molecule has 0 amide bonds. The van der Waals surface area contributed by atoms with Crippen LogP contribution in [0.5, 0.6) is 11.5 Å². The summed E-state index contributed by atoms with van der Waals surface area (Å²) in [5, 5.41) is 0. The predicted molar refractivity (Wildman–Crippen MR) is 123 cm³/mol. The first-order valence-electron chi connectivity index (χ1n) is 10.8. The number of fused-ring (bicyclic) bond motifs is 1. The Morgan fingerprint density at radius 2 is 1.31 bits per heavy atom. The van der Waals surface area contributed by atoms with Crippen LogP contribution >= 0.6 is 0 Å². The number of rotatable bonds is 6. The number of para-hydroxylation sites is 1. The molecule has 180 valence electrons. The summed E-state index contributed by atoms with van der Waals surface area (Å²) in [7, 11) is -1.83. The summed E-state index contributed by atoms with van der Waals surface area (Å²) in [6.07, 6.45) is 0. The van der Waals surface area contributed by atoms with E-state index in [2.05, 4.69) is 0 Å². The molecule has 0 aromatic heterocycles. The quantitative estimate of drug-likeness (QED) is 0.200.